The lowest BCUT2D eigenvalue weighted by atomic mass is 9.64. The summed E-state index contributed by atoms with van der Waals surface area (Å²) in [4.78, 5) is 25.4. The zero-order chi connectivity index (χ0) is 21.4. The number of para-hydroxylation sites is 1. The van der Waals surface area contributed by atoms with Gasteiger partial charge in [0.25, 0.3) is 5.91 Å². The van der Waals surface area contributed by atoms with Crippen molar-refractivity contribution in [3.8, 4) is 5.75 Å². The van der Waals surface area contributed by atoms with E-state index in [2.05, 4.69) is 15.3 Å². The molecule has 2 aromatic heterocycles. The standard InChI is InChI=1S/C25H24N4O2/c1-16-6-3-7-17(14-16)23(30)28-21-11-10-18(15-26-21)25(12-5-13-25)24-27-19-8-4-9-20(31-2)22(19)29-24/h3-4,6-11,14-15H,5,12-13H2,1-2H3,(H,27,29)(H,26,28,30). The first-order valence-corrected chi connectivity index (χ1v) is 10.5. The van der Waals surface area contributed by atoms with Crippen LogP contribution in [-0.2, 0) is 5.41 Å². The number of rotatable bonds is 5. The number of nitrogens with one attached hydrogen (secondary N) is 2. The second-order valence-electron chi connectivity index (χ2n) is 8.13. The fraction of sp³-hybridized carbons (Fsp3) is 0.240. The lowest BCUT2D eigenvalue weighted by molar-refractivity contribution is 0.102. The predicted molar refractivity (Wildman–Crippen MR) is 121 cm³/mol. The van der Waals surface area contributed by atoms with Gasteiger partial charge < -0.3 is 15.0 Å². The first kappa shape index (κ1) is 19.3. The monoisotopic (exact) mass is 412 g/mol. The van der Waals surface area contributed by atoms with Crippen LogP contribution in [0.15, 0.2) is 60.8 Å². The Labute approximate surface area is 180 Å². The Morgan fingerprint density at radius 1 is 1.13 bits per heavy atom. The van der Waals surface area contributed by atoms with Gasteiger partial charge in [-0.2, -0.15) is 0 Å². The van der Waals surface area contributed by atoms with Crippen LogP contribution in [-0.4, -0.2) is 28.0 Å². The van der Waals surface area contributed by atoms with E-state index < -0.39 is 0 Å². The molecule has 4 aromatic rings. The van der Waals surface area contributed by atoms with Crippen LogP contribution in [0.2, 0.25) is 0 Å². The first-order valence-electron chi connectivity index (χ1n) is 10.5. The van der Waals surface area contributed by atoms with Gasteiger partial charge in [-0.1, -0.05) is 36.2 Å². The molecule has 6 heteroatoms. The molecule has 2 aromatic carbocycles. The van der Waals surface area contributed by atoms with Crippen LogP contribution in [0.3, 0.4) is 0 Å². The van der Waals surface area contributed by atoms with Gasteiger partial charge in [0.1, 0.15) is 22.9 Å². The number of ether oxygens (including phenoxy) is 1. The zero-order valence-corrected chi connectivity index (χ0v) is 17.6. The summed E-state index contributed by atoms with van der Waals surface area (Å²) in [7, 11) is 1.66. The molecule has 0 aliphatic heterocycles. The largest absolute Gasteiger partial charge is 0.494 e. The van der Waals surface area contributed by atoms with Crippen molar-refractivity contribution in [3.63, 3.8) is 0 Å². The van der Waals surface area contributed by atoms with Crippen molar-refractivity contribution in [1.29, 1.82) is 0 Å². The van der Waals surface area contributed by atoms with E-state index in [0.29, 0.717) is 11.4 Å². The number of aromatic nitrogens is 3. The van der Waals surface area contributed by atoms with Crippen LogP contribution >= 0.6 is 0 Å². The summed E-state index contributed by atoms with van der Waals surface area (Å²) in [6.45, 7) is 1.97. The summed E-state index contributed by atoms with van der Waals surface area (Å²) in [6, 6.07) is 17.3. The van der Waals surface area contributed by atoms with Gasteiger partial charge in [0.2, 0.25) is 0 Å². The minimum Gasteiger partial charge on any atom is -0.494 e. The van der Waals surface area contributed by atoms with E-state index in [4.69, 9.17) is 9.72 Å². The quantitative estimate of drug-likeness (QED) is 0.484. The number of carbonyl (C=O) groups is 1. The maximum atomic E-state index is 12.5. The number of anilines is 1. The van der Waals surface area contributed by atoms with Crippen LogP contribution in [0.4, 0.5) is 5.82 Å². The van der Waals surface area contributed by atoms with Crippen molar-refractivity contribution in [3.05, 3.63) is 83.3 Å². The molecule has 0 unspecified atom stereocenters. The van der Waals surface area contributed by atoms with E-state index in [1.807, 2.05) is 61.7 Å². The number of hydrogen-bond donors (Lipinski definition) is 2. The van der Waals surface area contributed by atoms with Crippen molar-refractivity contribution < 1.29 is 9.53 Å². The molecule has 1 amide bonds. The number of nitrogens with zero attached hydrogens (tertiary/aromatic N) is 2. The number of methoxy groups -OCH3 is 1. The number of amides is 1. The summed E-state index contributed by atoms with van der Waals surface area (Å²) >= 11 is 0. The highest BCUT2D eigenvalue weighted by atomic mass is 16.5. The number of pyridine rings is 1. The highest BCUT2D eigenvalue weighted by Crippen LogP contribution is 2.48. The number of H-pyrrole nitrogens is 1. The van der Waals surface area contributed by atoms with Crippen molar-refractivity contribution in [2.75, 3.05) is 12.4 Å². The van der Waals surface area contributed by atoms with Crippen molar-refractivity contribution in [2.24, 2.45) is 0 Å². The molecule has 6 nitrogen and oxygen atoms in total. The molecular weight excluding hydrogens is 388 g/mol. The minimum atomic E-state index is -0.184. The predicted octanol–water partition coefficient (Wildman–Crippen LogP) is 5.00. The smallest absolute Gasteiger partial charge is 0.256 e. The molecule has 2 N–H and O–H groups in total. The highest BCUT2D eigenvalue weighted by Gasteiger charge is 2.43. The summed E-state index contributed by atoms with van der Waals surface area (Å²) in [5.41, 5.74) is 4.40. The summed E-state index contributed by atoms with van der Waals surface area (Å²) in [6.07, 6.45) is 5.01. The van der Waals surface area contributed by atoms with Crippen molar-refractivity contribution in [1.82, 2.24) is 15.0 Å². The number of imidazole rings is 1. The fourth-order valence-electron chi connectivity index (χ4n) is 4.32. The Hall–Kier alpha value is -3.67. The normalized spacial score (nSPS) is 14.8. The summed E-state index contributed by atoms with van der Waals surface area (Å²) < 4.78 is 5.47. The second kappa shape index (κ2) is 7.54. The van der Waals surface area contributed by atoms with Gasteiger partial charge >= 0.3 is 0 Å². The molecule has 0 radical (unpaired) electrons. The number of aromatic amines is 1. The van der Waals surface area contributed by atoms with E-state index in [-0.39, 0.29) is 11.3 Å². The Morgan fingerprint density at radius 2 is 1.97 bits per heavy atom. The van der Waals surface area contributed by atoms with Gasteiger partial charge in [-0.3, -0.25) is 4.79 Å². The van der Waals surface area contributed by atoms with Gasteiger partial charge in [0, 0.05) is 11.8 Å². The zero-order valence-electron chi connectivity index (χ0n) is 17.6. The summed E-state index contributed by atoms with van der Waals surface area (Å²) in [5, 5.41) is 2.89. The maximum Gasteiger partial charge on any atom is 0.256 e. The third-order valence-corrected chi connectivity index (χ3v) is 6.19. The SMILES string of the molecule is COc1cccc2[nH]c(C3(c4ccc(NC(=O)c5cccc(C)c5)nc4)CCC3)nc12. The molecule has 1 saturated carbocycles. The Balaban J connectivity index is 1.42. The number of hydrogen-bond acceptors (Lipinski definition) is 4. The van der Waals surface area contributed by atoms with Crippen LogP contribution < -0.4 is 10.1 Å². The minimum absolute atomic E-state index is 0.160. The lowest BCUT2D eigenvalue weighted by Gasteiger charge is -2.40. The number of benzene rings is 2. The topological polar surface area (TPSA) is 79.9 Å². The van der Waals surface area contributed by atoms with E-state index in [9.17, 15) is 4.79 Å². The van der Waals surface area contributed by atoms with Crippen LogP contribution in [0.5, 0.6) is 5.75 Å². The average molecular weight is 412 g/mol. The Morgan fingerprint density at radius 3 is 2.65 bits per heavy atom. The van der Waals surface area contributed by atoms with Gasteiger partial charge in [-0.15, -0.1) is 0 Å². The molecule has 31 heavy (non-hydrogen) atoms. The molecule has 0 atom stereocenters. The number of fused-ring (bicyclic) bond motifs is 1. The van der Waals surface area contributed by atoms with E-state index in [1.165, 1.54) is 0 Å². The Bertz CT molecular complexity index is 1260. The first-order chi connectivity index (χ1) is 15.1. The molecule has 2 heterocycles. The van der Waals surface area contributed by atoms with E-state index in [0.717, 1.165) is 53.0 Å². The third-order valence-electron chi connectivity index (χ3n) is 6.19. The average Bonchev–Trinajstić information content (AvgIpc) is 3.18. The van der Waals surface area contributed by atoms with Crippen molar-refractivity contribution >= 4 is 22.8 Å². The van der Waals surface area contributed by atoms with Gasteiger partial charge in [-0.05, 0) is 55.7 Å². The second-order valence-corrected chi connectivity index (χ2v) is 8.13. The van der Waals surface area contributed by atoms with Crippen LogP contribution in [0.25, 0.3) is 11.0 Å². The molecule has 1 aliphatic rings. The molecular formula is C25H24N4O2. The number of carbonyl (C=O) groups excluding carboxylic acids is 1. The fourth-order valence-corrected chi connectivity index (χ4v) is 4.32. The maximum absolute atomic E-state index is 12.5. The lowest BCUT2D eigenvalue weighted by Crippen LogP contribution is -2.36. The number of aryl methyl sites for hydroxylation is 1. The van der Waals surface area contributed by atoms with Gasteiger partial charge in [-0.25, -0.2) is 9.97 Å². The molecule has 0 bridgehead atoms. The molecule has 156 valence electrons. The molecule has 1 fully saturated rings. The van der Waals surface area contributed by atoms with Gasteiger partial charge in [0.05, 0.1) is 18.0 Å². The van der Waals surface area contributed by atoms with Crippen LogP contribution in [0, 0.1) is 6.92 Å². The molecule has 0 spiro atoms. The highest BCUT2D eigenvalue weighted by molar-refractivity contribution is 6.03. The van der Waals surface area contributed by atoms with E-state index in [1.54, 1.807) is 13.2 Å². The molecule has 5 rings (SSSR count). The third kappa shape index (κ3) is 3.34. The van der Waals surface area contributed by atoms with E-state index >= 15 is 0 Å². The van der Waals surface area contributed by atoms with Gasteiger partial charge in [0.15, 0.2) is 0 Å². The van der Waals surface area contributed by atoms with Crippen molar-refractivity contribution in [2.45, 2.75) is 31.6 Å². The molecule has 1 aliphatic carbocycles. The Kier molecular flexibility index (Phi) is 4.70. The van der Waals surface area contributed by atoms with Crippen LogP contribution in [0.1, 0.15) is 46.6 Å². The summed E-state index contributed by atoms with van der Waals surface area (Å²) in [5.74, 6) is 2.08. The molecule has 0 saturated heterocycles.